The highest BCUT2D eigenvalue weighted by Crippen LogP contribution is 2.24. The quantitative estimate of drug-likeness (QED) is 0.936. The van der Waals surface area contributed by atoms with Crippen LogP contribution in [0.1, 0.15) is 37.0 Å². The zero-order valence-corrected chi connectivity index (χ0v) is 14.2. The molecule has 2 aromatic heterocycles. The lowest BCUT2D eigenvalue weighted by atomic mass is 9.97. The van der Waals surface area contributed by atoms with Crippen LogP contribution in [0, 0.1) is 11.8 Å². The molecule has 1 aliphatic heterocycles. The summed E-state index contributed by atoms with van der Waals surface area (Å²) in [4.78, 5) is 18.9. The Bertz CT molecular complexity index is 643. The van der Waals surface area contributed by atoms with Crippen molar-refractivity contribution in [2.75, 3.05) is 23.3 Å². The van der Waals surface area contributed by atoms with Crippen molar-refractivity contribution in [3.05, 3.63) is 29.4 Å². The molecular formula is C16H21N5OS. The summed E-state index contributed by atoms with van der Waals surface area (Å²) in [7, 11) is 0. The number of nitrogens with one attached hydrogen (secondary N) is 1. The van der Waals surface area contributed by atoms with Gasteiger partial charge in [-0.25, -0.2) is 4.98 Å². The summed E-state index contributed by atoms with van der Waals surface area (Å²) >= 11 is 1.29. The predicted molar refractivity (Wildman–Crippen MR) is 91.9 cm³/mol. The molecule has 1 saturated heterocycles. The number of amides is 1. The van der Waals surface area contributed by atoms with Crippen molar-refractivity contribution < 1.29 is 4.79 Å². The molecule has 2 aromatic rings. The predicted octanol–water partition coefficient (Wildman–Crippen LogP) is 3.06. The number of hydrogen-bond donors (Lipinski definition) is 1. The first-order valence-electron chi connectivity index (χ1n) is 7.90. The summed E-state index contributed by atoms with van der Waals surface area (Å²) in [5.74, 6) is 2.15. The molecule has 0 bridgehead atoms. The Balaban J connectivity index is 1.67. The van der Waals surface area contributed by atoms with Crippen LogP contribution in [0.15, 0.2) is 23.8 Å². The molecule has 3 rings (SSSR count). The van der Waals surface area contributed by atoms with Gasteiger partial charge in [-0.15, -0.1) is 10.2 Å². The standard InChI is InChI=1S/C16H21N5OS/c1-11-5-6-21(9-12(2)7-11)14-4-3-13(8-17-14)15(22)19-16-20-18-10-23-16/h3-4,8,10-12H,5-7,9H2,1-2H3,(H,19,20,22)/t11-,12-/m1/s1. The maximum Gasteiger partial charge on any atom is 0.259 e. The molecule has 122 valence electrons. The van der Waals surface area contributed by atoms with E-state index < -0.39 is 0 Å². The first-order chi connectivity index (χ1) is 11.1. The molecular weight excluding hydrogens is 310 g/mol. The van der Waals surface area contributed by atoms with Gasteiger partial charge >= 0.3 is 0 Å². The van der Waals surface area contributed by atoms with E-state index in [2.05, 4.69) is 39.2 Å². The largest absolute Gasteiger partial charge is 0.356 e. The first kappa shape index (κ1) is 15.9. The van der Waals surface area contributed by atoms with E-state index in [1.807, 2.05) is 12.1 Å². The average molecular weight is 331 g/mol. The maximum atomic E-state index is 12.1. The van der Waals surface area contributed by atoms with Crippen molar-refractivity contribution >= 4 is 28.2 Å². The molecule has 0 radical (unpaired) electrons. The van der Waals surface area contributed by atoms with Crippen LogP contribution in [0.5, 0.6) is 0 Å². The highest BCUT2D eigenvalue weighted by molar-refractivity contribution is 7.13. The minimum atomic E-state index is -0.210. The van der Waals surface area contributed by atoms with Crippen molar-refractivity contribution in [2.45, 2.75) is 26.7 Å². The molecule has 1 aliphatic rings. The third-order valence-electron chi connectivity index (χ3n) is 4.14. The summed E-state index contributed by atoms with van der Waals surface area (Å²) in [6.45, 7) is 6.65. The van der Waals surface area contributed by atoms with E-state index in [-0.39, 0.29) is 5.91 Å². The van der Waals surface area contributed by atoms with Crippen LogP contribution < -0.4 is 10.2 Å². The van der Waals surface area contributed by atoms with Crippen LogP contribution in [0.3, 0.4) is 0 Å². The second-order valence-electron chi connectivity index (χ2n) is 6.28. The van der Waals surface area contributed by atoms with Crippen LogP contribution in [0.4, 0.5) is 10.9 Å². The Morgan fingerprint density at radius 1 is 1.35 bits per heavy atom. The molecule has 0 saturated carbocycles. The number of nitrogens with zero attached hydrogens (tertiary/aromatic N) is 4. The average Bonchev–Trinajstić information content (AvgIpc) is 2.98. The topological polar surface area (TPSA) is 71.0 Å². The fraction of sp³-hybridized carbons (Fsp3) is 0.500. The van der Waals surface area contributed by atoms with Gasteiger partial charge in [0.25, 0.3) is 5.91 Å². The number of rotatable bonds is 3. The summed E-state index contributed by atoms with van der Waals surface area (Å²) < 4.78 is 0. The summed E-state index contributed by atoms with van der Waals surface area (Å²) in [5, 5.41) is 10.7. The van der Waals surface area contributed by atoms with Crippen LogP contribution in [-0.4, -0.2) is 34.2 Å². The fourth-order valence-electron chi connectivity index (χ4n) is 3.04. The van der Waals surface area contributed by atoms with Crippen LogP contribution in [0.25, 0.3) is 0 Å². The minimum Gasteiger partial charge on any atom is -0.356 e. The highest BCUT2D eigenvalue weighted by Gasteiger charge is 2.20. The lowest BCUT2D eigenvalue weighted by Gasteiger charge is -2.23. The second kappa shape index (κ2) is 7.04. The molecule has 0 aromatic carbocycles. The van der Waals surface area contributed by atoms with Crippen LogP contribution in [-0.2, 0) is 0 Å². The zero-order valence-electron chi connectivity index (χ0n) is 13.4. The summed E-state index contributed by atoms with van der Waals surface area (Å²) in [6, 6.07) is 3.75. The Hall–Kier alpha value is -2.02. The van der Waals surface area contributed by atoms with Crippen LogP contribution >= 0.6 is 11.3 Å². The van der Waals surface area contributed by atoms with Crippen molar-refractivity contribution in [3.8, 4) is 0 Å². The molecule has 0 spiro atoms. The minimum absolute atomic E-state index is 0.210. The molecule has 6 nitrogen and oxygen atoms in total. The van der Waals surface area contributed by atoms with E-state index in [0.717, 1.165) is 24.8 Å². The van der Waals surface area contributed by atoms with E-state index in [1.165, 1.54) is 24.2 Å². The fourth-order valence-corrected chi connectivity index (χ4v) is 3.48. The lowest BCUT2D eigenvalue weighted by molar-refractivity contribution is 0.102. The molecule has 3 heterocycles. The number of aromatic nitrogens is 3. The second-order valence-corrected chi connectivity index (χ2v) is 7.12. The Labute approximate surface area is 140 Å². The van der Waals surface area contributed by atoms with E-state index in [1.54, 1.807) is 11.7 Å². The smallest absolute Gasteiger partial charge is 0.259 e. The molecule has 2 atom stereocenters. The lowest BCUT2D eigenvalue weighted by Crippen LogP contribution is -2.28. The number of carbonyl (C=O) groups excluding carboxylic acids is 1. The van der Waals surface area contributed by atoms with Crippen molar-refractivity contribution in [2.24, 2.45) is 11.8 Å². The Morgan fingerprint density at radius 2 is 2.22 bits per heavy atom. The maximum absolute atomic E-state index is 12.1. The molecule has 23 heavy (non-hydrogen) atoms. The normalized spacial score (nSPS) is 21.7. The Kier molecular flexibility index (Phi) is 4.85. The third-order valence-corrected chi connectivity index (χ3v) is 4.75. The Morgan fingerprint density at radius 3 is 2.91 bits per heavy atom. The highest BCUT2D eigenvalue weighted by atomic mass is 32.1. The summed E-state index contributed by atoms with van der Waals surface area (Å²) in [5.41, 5.74) is 2.11. The number of carbonyl (C=O) groups is 1. The van der Waals surface area contributed by atoms with Gasteiger partial charge in [0.1, 0.15) is 11.3 Å². The number of hydrogen-bond acceptors (Lipinski definition) is 6. The SMILES string of the molecule is C[C@@H]1CCN(c2ccc(C(=O)Nc3nncs3)cn2)C[C@H](C)C1. The van der Waals surface area contributed by atoms with Gasteiger partial charge in [-0.1, -0.05) is 25.2 Å². The number of anilines is 2. The number of pyridine rings is 1. The van der Waals surface area contributed by atoms with Gasteiger partial charge < -0.3 is 4.90 Å². The van der Waals surface area contributed by atoms with E-state index >= 15 is 0 Å². The van der Waals surface area contributed by atoms with Gasteiger partial charge in [0, 0.05) is 19.3 Å². The summed E-state index contributed by atoms with van der Waals surface area (Å²) in [6.07, 6.45) is 4.08. The monoisotopic (exact) mass is 331 g/mol. The van der Waals surface area contributed by atoms with Gasteiger partial charge in [0.15, 0.2) is 0 Å². The van der Waals surface area contributed by atoms with E-state index in [4.69, 9.17) is 0 Å². The van der Waals surface area contributed by atoms with Crippen molar-refractivity contribution in [3.63, 3.8) is 0 Å². The van der Waals surface area contributed by atoms with Crippen molar-refractivity contribution in [1.29, 1.82) is 0 Å². The van der Waals surface area contributed by atoms with Gasteiger partial charge in [-0.2, -0.15) is 0 Å². The van der Waals surface area contributed by atoms with Gasteiger partial charge in [-0.3, -0.25) is 10.1 Å². The van der Waals surface area contributed by atoms with Gasteiger partial charge in [-0.05, 0) is 36.8 Å². The van der Waals surface area contributed by atoms with Crippen LogP contribution in [0.2, 0.25) is 0 Å². The molecule has 0 unspecified atom stereocenters. The third kappa shape index (κ3) is 4.04. The molecule has 0 aliphatic carbocycles. The molecule has 1 amide bonds. The van der Waals surface area contributed by atoms with E-state index in [0.29, 0.717) is 16.6 Å². The van der Waals surface area contributed by atoms with E-state index in [9.17, 15) is 4.79 Å². The van der Waals surface area contributed by atoms with Gasteiger partial charge in [0.05, 0.1) is 5.56 Å². The molecule has 7 heteroatoms. The molecule has 1 fully saturated rings. The zero-order chi connectivity index (χ0) is 16.2. The first-order valence-corrected chi connectivity index (χ1v) is 8.78. The van der Waals surface area contributed by atoms with Crippen molar-refractivity contribution in [1.82, 2.24) is 15.2 Å². The molecule has 1 N–H and O–H groups in total. The van der Waals surface area contributed by atoms with Gasteiger partial charge in [0.2, 0.25) is 5.13 Å².